The minimum atomic E-state index is -1.65. The Morgan fingerprint density at radius 2 is 0.875 bits per heavy atom. The van der Waals surface area contributed by atoms with Crippen molar-refractivity contribution in [2.75, 3.05) is 0 Å². The number of aliphatic carboxylic acids is 2. The zero-order valence-electron chi connectivity index (χ0n) is 20.4. The molecule has 2 unspecified atom stereocenters. The molecule has 40 heavy (non-hydrogen) atoms. The first-order valence-electron chi connectivity index (χ1n) is 12.4. The van der Waals surface area contributed by atoms with Crippen LogP contribution in [-0.2, 0) is 19.2 Å². The van der Waals surface area contributed by atoms with Crippen molar-refractivity contribution >= 4 is 52.4 Å². The fourth-order valence-corrected chi connectivity index (χ4v) is 5.74. The molecule has 0 heterocycles. The Hall–Kier alpha value is -4.93. The largest absolute Gasteiger partial charge is 0.481 e. The number of carboxylic acids is 2. The minimum Gasteiger partial charge on any atom is -0.481 e. The van der Waals surface area contributed by atoms with Gasteiger partial charge >= 0.3 is 11.9 Å². The Kier molecular flexibility index (Phi) is 5.41. The molecule has 0 aliphatic heterocycles. The van der Waals surface area contributed by atoms with E-state index in [2.05, 4.69) is 0 Å². The molecule has 11 heteroatoms. The van der Waals surface area contributed by atoms with Gasteiger partial charge in [-0.25, -0.2) is 0 Å². The second kappa shape index (κ2) is 8.54. The van der Waals surface area contributed by atoms with Crippen LogP contribution in [0.25, 0.3) is 0 Å². The molecule has 0 spiro atoms. The lowest BCUT2D eigenvalue weighted by atomic mass is 9.94. The highest BCUT2D eigenvalue weighted by Crippen LogP contribution is 2.45. The zero-order chi connectivity index (χ0) is 28.8. The summed E-state index contributed by atoms with van der Waals surface area (Å²) in [6.07, 6.45) is 0.107. The predicted molar refractivity (Wildman–Crippen MR) is 129 cm³/mol. The second-order valence-corrected chi connectivity index (χ2v) is 10.6. The van der Waals surface area contributed by atoms with E-state index in [4.69, 9.17) is 10.2 Å². The molecule has 4 aliphatic rings. The monoisotopic (exact) mass is 542 g/mol. The summed E-state index contributed by atoms with van der Waals surface area (Å²) in [5, 5.41) is 18.2. The fourth-order valence-electron chi connectivity index (χ4n) is 5.74. The van der Waals surface area contributed by atoms with Crippen molar-refractivity contribution in [3.63, 3.8) is 0 Å². The summed E-state index contributed by atoms with van der Waals surface area (Å²) in [4.78, 5) is 112. The molecular formula is C29H18O11. The summed E-state index contributed by atoms with van der Waals surface area (Å²) < 4.78 is 0. The van der Waals surface area contributed by atoms with Gasteiger partial charge in [-0.15, -0.1) is 0 Å². The molecule has 0 bridgehead atoms. The second-order valence-electron chi connectivity index (χ2n) is 10.6. The first-order valence-corrected chi connectivity index (χ1v) is 12.4. The van der Waals surface area contributed by atoms with E-state index >= 15 is 0 Å². The molecule has 11 nitrogen and oxygen atoms in total. The van der Waals surface area contributed by atoms with Gasteiger partial charge in [-0.1, -0.05) is 12.1 Å². The number of ketones is 7. The third-order valence-corrected chi connectivity index (χ3v) is 8.19. The summed E-state index contributed by atoms with van der Waals surface area (Å²) in [6.45, 7) is 0. The van der Waals surface area contributed by atoms with Crippen molar-refractivity contribution < 1.29 is 53.4 Å². The normalized spacial score (nSPS) is 27.7. The molecule has 0 aromatic heterocycles. The van der Waals surface area contributed by atoms with Gasteiger partial charge in [-0.05, 0) is 37.1 Å². The van der Waals surface area contributed by atoms with Gasteiger partial charge in [0.25, 0.3) is 0 Å². The van der Waals surface area contributed by atoms with E-state index < -0.39 is 87.9 Å². The van der Waals surface area contributed by atoms with Crippen LogP contribution < -0.4 is 0 Å². The van der Waals surface area contributed by atoms with Gasteiger partial charge in [0, 0.05) is 45.2 Å². The summed E-state index contributed by atoms with van der Waals surface area (Å²) >= 11 is 0. The molecular weight excluding hydrogens is 524 g/mol. The fraction of sp³-hybridized carbons (Fsp3) is 0.276. The van der Waals surface area contributed by atoms with E-state index in [1.54, 1.807) is 0 Å². The van der Waals surface area contributed by atoms with Crippen LogP contribution in [-0.4, -0.2) is 62.6 Å². The highest BCUT2D eigenvalue weighted by Gasteiger charge is 2.56. The molecule has 200 valence electrons. The third kappa shape index (κ3) is 3.61. The van der Waals surface area contributed by atoms with E-state index in [9.17, 15) is 43.2 Å². The number of rotatable bonds is 8. The van der Waals surface area contributed by atoms with Crippen LogP contribution in [0.3, 0.4) is 0 Å². The molecule has 2 aromatic rings. The van der Waals surface area contributed by atoms with E-state index in [-0.39, 0.29) is 46.2 Å². The van der Waals surface area contributed by atoms with Crippen LogP contribution in [0.2, 0.25) is 0 Å². The summed E-state index contributed by atoms with van der Waals surface area (Å²) in [5.74, 6) is -14.6. The lowest BCUT2D eigenvalue weighted by Crippen LogP contribution is -2.28. The number of carbonyl (C=O) groups is 9. The number of hydrogen-bond donors (Lipinski definition) is 2. The first-order chi connectivity index (χ1) is 18.9. The first kappa shape index (κ1) is 25.4. The summed E-state index contributed by atoms with van der Waals surface area (Å²) in [5.41, 5.74) is -0.454. The van der Waals surface area contributed by atoms with Crippen LogP contribution >= 0.6 is 0 Å². The van der Waals surface area contributed by atoms with E-state index in [1.165, 1.54) is 36.4 Å². The Morgan fingerprint density at radius 3 is 1.20 bits per heavy atom. The maximum Gasteiger partial charge on any atom is 0.307 e. The Morgan fingerprint density at radius 1 is 0.525 bits per heavy atom. The van der Waals surface area contributed by atoms with E-state index in [0.717, 1.165) is 0 Å². The van der Waals surface area contributed by atoms with Gasteiger partial charge in [-0.2, -0.15) is 0 Å². The number of carboxylic acid groups (broad SMARTS) is 2. The maximum absolute atomic E-state index is 13.3. The summed E-state index contributed by atoms with van der Waals surface area (Å²) in [7, 11) is 0. The molecule has 6 atom stereocenters. The van der Waals surface area contributed by atoms with Gasteiger partial charge < -0.3 is 10.2 Å². The molecule has 2 aromatic carbocycles. The lowest BCUT2D eigenvalue weighted by Gasteiger charge is -2.05. The van der Waals surface area contributed by atoms with Crippen molar-refractivity contribution in [3.05, 3.63) is 69.8 Å². The Labute approximate surface area is 224 Å². The van der Waals surface area contributed by atoms with Crippen molar-refractivity contribution in [1.29, 1.82) is 0 Å². The SMILES string of the molecule is O=C(c1ccc2c(c1)C(=O)C(C(=O)[C@H]1C[C@@H]1C(=O)O)C2=O)c1ccc2c(c1)C(=O)C(C(=O)[C@H]1C[C@@H]1C(=O)O)C2=O. The molecule has 2 saturated carbocycles. The highest BCUT2D eigenvalue weighted by atomic mass is 16.4. The Balaban J connectivity index is 1.24. The predicted octanol–water partition coefficient (Wildman–Crippen LogP) is 1.49. The van der Waals surface area contributed by atoms with Crippen LogP contribution in [0.4, 0.5) is 0 Å². The smallest absolute Gasteiger partial charge is 0.307 e. The Bertz CT molecular complexity index is 1560. The van der Waals surface area contributed by atoms with Gasteiger partial charge in [0.2, 0.25) is 0 Å². The van der Waals surface area contributed by atoms with Gasteiger partial charge in [0.05, 0.1) is 11.8 Å². The molecule has 0 saturated heterocycles. The van der Waals surface area contributed by atoms with Crippen LogP contribution in [0.15, 0.2) is 36.4 Å². The van der Waals surface area contributed by atoms with Crippen molar-refractivity contribution in [3.8, 4) is 0 Å². The quantitative estimate of drug-likeness (QED) is 0.362. The highest BCUT2D eigenvalue weighted by molar-refractivity contribution is 6.37. The number of carbonyl (C=O) groups excluding carboxylic acids is 7. The molecule has 6 rings (SSSR count). The number of hydrogen-bond acceptors (Lipinski definition) is 9. The van der Waals surface area contributed by atoms with Crippen LogP contribution in [0.1, 0.15) is 70.2 Å². The molecule has 2 N–H and O–H groups in total. The van der Waals surface area contributed by atoms with Crippen molar-refractivity contribution in [2.24, 2.45) is 35.5 Å². The lowest BCUT2D eigenvalue weighted by molar-refractivity contribution is -0.140. The van der Waals surface area contributed by atoms with Crippen LogP contribution in [0.5, 0.6) is 0 Å². The number of Topliss-reactive ketones (excluding diaryl/α,β-unsaturated/α-hetero) is 6. The van der Waals surface area contributed by atoms with Gasteiger partial charge in [0.1, 0.15) is 11.8 Å². The standard InChI is InChI=1S/C29H18O11/c30-21(9-1-3-11-13(5-9)24(33)19(22(11)31)26(35)15-7-17(15)28(37)38)10-2-4-12-14(6-10)25(34)20(23(12)32)27(36)16-8-18(16)29(39)40/h1-6,15-20H,7-8H2,(H,37,38)(H,39,40)/t15-,16-,17-,18-,19?,20?/m0/s1. The third-order valence-electron chi connectivity index (χ3n) is 8.19. The van der Waals surface area contributed by atoms with Crippen molar-refractivity contribution in [2.45, 2.75) is 12.8 Å². The zero-order valence-corrected chi connectivity index (χ0v) is 20.4. The molecule has 4 aliphatic carbocycles. The number of benzene rings is 2. The molecule has 0 radical (unpaired) electrons. The average molecular weight is 542 g/mol. The average Bonchev–Trinajstić information content (AvgIpc) is 3.84. The molecule has 2 fully saturated rings. The molecule has 0 amide bonds. The maximum atomic E-state index is 13.3. The minimum absolute atomic E-state index is 0.0329. The van der Waals surface area contributed by atoms with E-state index in [0.29, 0.717) is 0 Å². The number of fused-ring (bicyclic) bond motifs is 2. The summed E-state index contributed by atoms with van der Waals surface area (Å²) in [6, 6.07) is 7.37. The topological polar surface area (TPSA) is 194 Å². The van der Waals surface area contributed by atoms with E-state index in [1.807, 2.05) is 0 Å². The van der Waals surface area contributed by atoms with Crippen LogP contribution in [0, 0.1) is 35.5 Å². The van der Waals surface area contributed by atoms with Gasteiger partial charge in [-0.3, -0.25) is 43.2 Å². The van der Waals surface area contributed by atoms with Gasteiger partial charge in [0.15, 0.2) is 40.5 Å². The van der Waals surface area contributed by atoms with Crippen molar-refractivity contribution in [1.82, 2.24) is 0 Å².